The lowest BCUT2D eigenvalue weighted by atomic mass is 10.0. The summed E-state index contributed by atoms with van der Waals surface area (Å²) in [4.78, 5) is 13.3. The van der Waals surface area contributed by atoms with Crippen LogP contribution in [0, 0.1) is 6.92 Å². The topological polar surface area (TPSA) is 29.1 Å². The fourth-order valence-electron chi connectivity index (χ4n) is 2.07. The van der Waals surface area contributed by atoms with Gasteiger partial charge in [0.2, 0.25) is 0 Å². The predicted molar refractivity (Wildman–Crippen MR) is 95.8 cm³/mol. The minimum Gasteiger partial charge on any atom is -0.307 e. The second-order valence-electron chi connectivity index (χ2n) is 4.55. The van der Waals surface area contributed by atoms with E-state index in [4.69, 9.17) is 23.8 Å². The van der Waals surface area contributed by atoms with Crippen molar-refractivity contribution < 1.29 is 4.79 Å². The highest BCUT2D eigenvalue weighted by molar-refractivity contribution is 8.26. The van der Waals surface area contributed by atoms with Crippen LogP contribution in [0.25, 0.3) is 17.2 Å². The molecule has 0 spiro atoms. The lowest BCUT2D eigenvalue weighted by molar-refractivity contribution is -0.115. The standard InChI is InChI=1S/C15H10ClNOS3/c1-8-4-10(16)2-3-12(8)9-5-11(20-7-9)6-13-14(18)17-15(19)21-13/h2-7H,1H3,(H,17,18,19)/b13-6-. The number of thiocarbonyl (C=S) groups is 1. The first-order chi connectivity index (χ1) is 10.0. The molecule has 0 bridgehead atoms. The quantitative estimate of drug-likeness (QED) is 0.618. The Morgan fingerprint density at radius 1 is 1.33 bits per heavy atom. The Morgan fingerprint density at radius 2 is 2.14 bits per heavy atom. The van der Waals surface area contributed by atoms with Crippen LogP contribution in [0.2, 0.25) is 5.02 Å². The number of carbonyl (C=O) groups excluding carboxylic acids is 1. The van der Waals surface area contributed by atoms with E-state index >= 15 is 0 Å². The molecule has 6 heteroatoms. The molecule has 0 aliphatic carbocycles. The zero-order valence-corrected chi connectivity index (χ0v) is 14.2. The van der Waals surface area contributed by atoms with Gasteiger partial charge in [-0.15, -0.1) is 11.3 Å². The van der Waals surface area contributed by atoms with Crippen molar-refractivity contribution in [2.45, 2.75) is 6.92 Å². The Balaban J connectivity index is 1.92. The van der Waals surface area contributed by atoms with E-state index in [2.05, 4.69) is 16.8 Å². The van der Waals surface area contributed by atoms with Crippen molar-refractivity contribution in [2.24, 2.45) is 0 Å². The number of halogens is 1. The molecule has 1 aromatic carbocycles. The van der Waals surface area contributed by atoms with Crippen LogP contribution in [0.1, 0.15) is 10.4 Å². The average molecular weight is 352 g/mol. The number of amides is 1. The van der Waals surface area contributed by atoms with Crippen LogP contribution in [0.15, 0.2) is 34.6 Å². The number of carbonyl (C=O) groups is 1. The monoisotopic (exact) mass is 351 g/mol. The van der Waals surface area contributed by atoms with Crippen molar-refractivity contribution in [3.8, 4) is 11.1 Å². The third-order valence-corrected chi connectivity index (χ3v) is 5.31. The molecule has 3 rings (SSSR count). The molecule has 106 valence electrons. The second-order valence-corrected chi connectivity index (χ2v) is 7.65. The average Bonchev–Trinajstić information content (AvgIpc) is 2.97. The number of thiophene rings is 1. The van der Waals surface area contributed by atoms with Crippen molar-refractivity contribution in [1.82, 2.24) is 5.32 Å². The minimum atomic E-state index is -0.123. The Morgan fingerprint density at radius 3 is 2.81 bits per heavy atom. The lowest BCUT2D eigenvalue weighted by Crippen LogP contribution is -2.17. The maximum absolute atomic E-state index is 11.7. The molecule has 0 atom stereocenters. The minimum absolute atomic E-state index is 0.123. The predicted octanol–water partition coefficient (Wildman–Crippen LogP) is 4.87. The maximum Gasteiger partial charge on any atom is 0.263 e. The summed E-state index contributed by atoms with van der Waals surface area (Å²) in [5.41, 5.74) is 3.42. The van der Waals surface area contributed by atoms with E-state index in [0.717, 1.165) is 26.6 Å². The van der Waals surface area contributed by atoms with Gasteiger partial charge in [-0.2, -0.15) is 0 Å². The van der Waals surface area contributed by atoms with Gasteiger partial charge in [0, 0.05) is 9.90 Å². The molecule has 1 N–H and O–H groups in total. The Bertz CT molecular complexity index is 779. The van der Waals surface area contributed by atoms with Crippen molar-refractivity contribution in [3.05, 3.63) is 50.0 Å². The van der Waals surface area contributed by atoms with E-state index in [1.807, 2.05) is 31.2 Å². The normalized spacial score (nSPS) is 16.6. The van der Waals surface area contributed by atoms with Gasteiger partial charge in [-0.3, -0.25) is 4.79 Å². The van der Waals surface area contributed by atoms with Gasteiger partial charge in [0.1, 0.15) is 4.32 Å². The molecule has 0 unspecified atom stereocenters. The summed E-state index contributed by atoms with van der Waals surface area (Å²) < 4.78 is 0.511. The van der Waals surface area contributed by atoms with E-state index in [9.17, 15) is 4.79 Å². The molecule has 0 radical (unpaired) electrons. The zero-order chi connectivity index (χ0) is 15.0. The van der Waals surface area contributed by atoms with Crippen molar-refractivity contribution in [1.29, 1.82) is 0 Å². The molecule has 1 saturated heterocycles. The largest absolute Gasteiger partial charge is 0.307 e. The van der Waals surface area contributed by atoms with Crippen LogP contribution in [0.4, 0.5) is 0 Å². The summed E-state index contributed by atoms with van der Waals surface area (Å²) in [5.74, 6) is -0.123. The van der Waals surface area contributed by atoms with Gasteiger partial charge < -0.3 is 5.32 Å². The Hall–Kier alpha value is -1.14. The van der Waals surface area contributed by atoms with E-state index in [1.165, 1.54) is 11.8 Å². The first kappa shape index (κ1) is 14.8. The van der Waals surface area contributed by atoms with Crippen LogP contribution in [0.3, 0.4) is 0 Å². The highest BCUT2D eigenvalue weighted by atomic mass is 35.5. The molecule has 1 fully saturated rings. The fourth-order valence-corrected chi connectivity index (χ4v) is 4.25. The molecule has 1 aliphatic rings. The summed E-state index contributed by atoms with van der Waals surface area (Å²) in [6.45, 7) is 2.04. The van der Waals surface area contributed by atoms with E-state index in [0.29, 0.717) is 9.23 Å². The Kier molecular flexibility index (Phi) is 4.17. The van der Waals surface area contributed by atoms with Gasteiger partial charge >= 0.3 is 0 Å². The molecule has 1 amide bonds. The summed E-state index contributed by atoms with van der Waals surface area (Å²) in [5, 5.41) is 5.44. The number of hydrogen-bond acceptors (Lipinski definition) is 4. The molecule has 2 nitrogen and oxygen atoms in total. The molecule has 21 heavy (non-hydrogen) atoms. The van der Waals surface area contributed by atoms with Crippen LogP contribution >= 0.6 is 46.9 Å². The molecule has 1 aliphatic heterocycles. The van der Waals surface area contributed by atoms with Gasteiger partial charge in [-0.25, -0.2) is 0 Å². The third kappa shape index (κ3) is 3.21. The van der Waals surface area contributed by atoms with Crippen LogP contribution in [-0.4, -0.2) is 10.2 Å². The molecule has 2 heterocycles. The molecular weight excluding hydrogens is 342 g/mol. The van der Waals surface area contributed by atoms with Gasteiger partial charge in [-0.1, -0.05) is 41.6 Å². The SMILES string of the molecule is Cc1cc(Cl)ccc1-c1csc(/C=C2\SC(=S)NC2=O)c1. The van der Waals surface area contributed by atoms with E-state index in [1.54, 1.807) is 11.3 Å². The fraction of sp³-hybridized carbons (Fsp3) is 0.0667. The number of nitrogens with one attached hydrogen (secondary N) is 1. The van der Waals surface area contributed by atoms with E-state index < -0.39 is 0 Å². The number of hydrogen-bond donors (Lipinski definition) is 1. The lowest BCUT2D eigenvalue weighted by Gasteiger charge is -2.03. The Labute approximate surface area is 141 Å². The van der Waals surface area contributed by atoms with Crippen LogP contribution in [-0.2, 0) is 4.79 Å². The molecular formula is C15H10ClNOS3. The molecule has 0 saturated carbocycles. The summed E-state index contributed by atoms with van der Waals surface area (Å²) >= 11 is 13.9. The number of benzene rings is 1. The summed E-state index contributed by atoms with van der Waals surface area (Å²) in [7, 11) is 0. The molecule has 2 aromatic rings. The van der Waals surface area contributed by atoms with E-state index in [-0.39, 0.29) is 5.91 Å². The van der Waals surface area contributed by atoms with Gasteiger partial charge in [0.05, 0.1) is 4.91 Å². The third-order valence-electron chi connectivity index (χ3n) is 3.03. The van der Waals surface area contributed by atoms with Gasteiger partial charge in [0.15, 0.2) is 0 Å². The van der Waals surface area contributed by atoms with Crippen LogP contribution in [0.5, 0.6) is 0 Å². The zero-order valence-electron chi connectivity index (χ0n) is 11.0. The first-order valence-corrected chi connectivity index (χ1v) is 8.61. The number of rotatable bonds is 2. The van der Waals surface area contributed by atoms with Gasteiger partial charge in [-0.05, 0) is 53.3 Å². The van der Waals surface area contributed by atoms with Crippen molar-refractivity contribution >= 4 is 63.2 Å². The second kappa shape index (κ2) is 5.93. The number of aryl methyl sites for hydroxylation is 1. The van der Waals surface area contributed by atoms with Crippen molar-refractivity contribution in [2.75, 3.05) is 0 Å². The van der Waals surface area contributed by atoms with Gasteiger partial charge in [0.25, 0.3) is 5.91 Å². The summed E-state index contributed by atoms with van der Waals surface area (Å²) in [6, 6.07) is 7.93. The highest BCUT2D eigenvalue weighted by Gasteiger charge is 2.22. The smallest absolute Gasteiger partial charge is 0.263 e. The summed E-state index contributed by atoms with van der Waals surface area (Å²) in [6.07, 6.45) is 1.87. The maximum atomic E-state index is 11.7. The molecule has 1 aromatic heterocycles. The first-order valence-electron chi connectivity index (χ1n) is 6.13. The van der Waals surface area contributed by atoms with Crippen molar-refractivity contribution in [3.63, 3.8) is 0 Å². The number of thioether (sulfide) groups is 1. The highest BCUT2D eigenvalue weighted by Crippen LogP contribution is 2.33. The van der Waals surface area contributed by atoms with Crippen LogP contribution < -0.4 is 5.32 Å².